The van der Waals surface area contributed by atoms with Crippen LogP contribution in [0.2, 0.25) is 0 Å². The number of aliphatic hydroxyl groups is 1. The van der Waals surface area contributed by atoms with Crippen molar-refractivity contribution in [2.24, 2.45) is 0 Å². The van der Waals surface area contributed by atoms with Gasteiger partial charge in [-0.15, -0.1) is 11.3 Å². The highest BCUT2D eigenvalue weighted by Crippen LogP contribution is 2.26. The van der Waals surface area contributed by atoms with E-state index in [2.05, 4.69) is 5.32 Å². The zero-order valence-electron chi connectivity index (χ0n) is 12.9. The van der Waals surface area contributed by atoms with Crippen molar-refractivity contribution in [1.82, 2.24) is 5.32 Å². The predicted molar refractivity (Wildman–Crippen MR) is 91.6 cm³/mol. The fraction of sp³-hybridized carbons (Fsp3) is 0.278. The lowest BCUT2D eigenvalue weighted by Gasteiger charge is -2.21. The Morgan fingerprint density at radius 1 is 1.48 bits per heavy atom. The van der Waals surface area contributed by atoms with E-state index in [1.807, 2.05) is 35.7 Å². The maximum Gasteiger partial charge on any atom is 0.244 e. The first-order valence-electron chi connectivity index (χ1n) is 7.53. The van der Waals surface area contributed by atoms with Crippen molar-refractivity contribution in [3.05, 3.63) is 57.8 Å². The van der Waals surface area contributed by atoms with Gasteiger partial charge in [-0.25, -0.2) is 0 Å². The third-order valence-electron chi connectivity index (χ3n) is 3.80. The third kappa shape index (κ3) is 3.81. The van der Waals surface area contributed by atoms with Crippen molar-refractivity contribution in [1.29, 1.82) is 0 Å². The highest BCUT2D eigenvalue weighted by atomic mass is 32.1. The maximum absolute atomic E-state index is 11.9. The van der Waals surface area contributed by atoms with E-state index in [1.165, 1.54) is 23.0 Å². The van der Waals surface area contributed by atoms with Crippen LogP contribution in [0.15, 0.2) is 41.8 Å². The quantitative estimate of drug-likeness (QED) is 0.829. The number of hydrogen-bond acceptors (Lipinski definition) is 4. The summed E-state index contributed by atoms with van der Waals surface area (Å²) in [5.41, 5.74) is 1.09. The first-order valence-corrected chi connectivity index (χ1v) is 8.40. The number of amides is 1. The Bertz CT molecular complexity index is 720. The Balaban J connectivity index is 1.57. The molecule has 1 unspecified atom stereocenters. The molecule has 1 atom stereocenters. The first kappa shape index (κ1) is 15.8. The summed E-state index contributed by atoms with van der Waals surface area (Å²) in [4.78, 5) is 12.8. The standard InChI is InChI=1S/C18H19NO3S/c1-18(21,16-3-2-10-23-16)12-19-17(20)7-5-13-4-6-15-14(11-13)8-9-22-15/h2-7,10-11,21H,8-9,12H2,1H3,(H,19,20). The van der Waals surface area contributed by atoms with Crippen molar-refractivity contribution in [3.8, 4) is 5.75 Å². The van der Waals surface area contributed by atoms with Crippen LogP contribution in [0.1, 0.15) is 22.9 Å². The molecule has 4 nitrogen and oxygen atoms in total. The van der Waals surface area contributed by atoms with Gasteiger partial charge in [-0.05, 0) is 47.7 Å². The maximum atomic E-state index is 11.9. The summed E-state index contributed by atoms with van der Waals surface area (Å²) in [6.45, 7) is 2.60. The van der Waals surface area contributed by atoms with Gasteiger partial charge >= 0.3 is 0 Å². The lowest BCUT2D eigenvalue weighted by atomic mass is 10.1. The summed E-state index contributed by atoms with van der Waals surface area (Å²) in [6.07, 6.45) is 4.17. The monoisotopic (exact) mass is 329 g/mol. The molecule has 5 heteroatoms. The molecule has 1 aromatic heterocycles. The molecule has 2 aromatic rings. The smallest absolute Gasteiger partial charge is 0.244 e. The fourth-order valence-corrected chi connectivity index (χ4v) is 3.26. The third-order valence-corrected chi connectivity index (χ3v) is 4.92. The van der Waals surface area contributed by atoms with Gasteiger partial charge < -0.3 is 15.2 Å². The minimum atomic E-state index is -1.05. The number of thiophene rings is 1. The van der Waals surface area contributed by atoms with E-state index in [-0.39, 0.29) is 12.5 Å². The number of nitrogens with one attached hydrogen (secondary N) is 1. The molecular weight excluding hydrogens is 310 g/mol. The van der Waals surface area contributed by atoms with Crippen molar-refractivity contribution < 1.29 is 14.6 Å². The zero-order valence-corrected chi connectivity index (χ0v) is 13.7. The Hall–Kier alpha value is -2.11. The number of hydrogen-bond donors (Lipinski definition) is 2. The number of benzene rings is 1. The molecule has 0 saturated carbocycles. The molecule has 0 fully saturated rings. The molecule has 0 spiro atoms. The number of ether oxygens (including phenoxy) is 1. The predicted octanol–water partition coefficient (Wildman–Crippen LogP) is 2.72. The number of carbonyl (C=O) groups excluding carboxylic acids is 1. The average molecular weight is 329 g/mol. The second-order valence-electron chi connectivity index (χ2n) is 5.77. The summed E-state index contributed by atoms with van der Waals surface area (Å²) < 4.78 is 5.46. The summed E-state index contributed by atoms with van der Waals surface area (Å²) in [5, 5.41) is 15.0. The Kier molecular flexibility index (Phi) is 4.50. The molecule has 1 aliphatic rings. The minimum Gasteiger partial charge on any atom is -0.493 e. The van der Waals surface area contributed by atoms with E-state index in [4.69, 9.17) is 4.74 Å². The molecule has 2 N–H and O–H groups in total. The number of carbonyl (C=O) groups is 1. The lowest BCUT2D eigenvalue weighted by Crippen LogP contribution is -2.37. The second-order valence-corrected chi connectivity index (χ2v) is 6.72. The Labute approximate surface area is 139 Å². The largest absolute Gasteiger partial charge is 0.493 e. The van der Waals surface area contributed by atoms with E-state index in [1.54, 1.807) is 13.0 Å². The zero-order chi connectivity index (χ0) is 16.3. The molecule has 23 heavy (non-hydrogen) atoms. The Morgan fingerprint density at radius 3 is 3.13 bits per heavy atom. The molecule has 3 rings (SSSR count). The van der Waals surface area contributed by atoms with Gasteiger partial charge in [0.05, 0.1) is 13.2 Å². The van der Waals surface area contributed by atoms with Crippen LogP contribution in [-0.4, -0.2) is 24.2 Å². The fourth-order valence-electron chi connectivity index (χ4n) is 2.47. The molecule has 2 heterocycles. The molecule has 0 aliphatic carbocycles. The SMILES string of the molecule is CC(O)(CNC(=O)C=Cc1ccc2c(c1)CCO2)c1cccs1. The minimum absolute atomic E-state index is 0.175. The van der Waals surface area contributed by atoms with Crippen molar-refractivity contribution in [2.75, 3.05) is 13.2 Å². The Morgan fingerprint density at radius 2 is 2.35 bits per heavy atom. The van der Waals surface area contributed by atoms with Gasteiger partial charge in [0, 0.05) is 17.4 Å². The average Bonchev–Trinajstić information content (AvgIpc) is 3.21. The van der Waals surface area contributed by atoms with Gasteiger partial charge in [-0.1, -0.05) is 12.1 Å². The highest BCUT2D eigenvalue weighted by Gasteiger charge is 2.24. The van der Waals surface area contributed by atoms with Gasteiger partial charge in [0.1, 0.15) is 11.4 Å². The van der Waals surface area contributed by atoms with Crippen LogP contribution in [0.5, 0.6) is 5.75 Å². The summed E-state index contributed by atoms with van der Waals surface area (Å²) in [5.74, 6) is 0.706. The highest BCUT2D eigenvalue weighted by molar-refractivity contribution is 7.10. The van der Waals surface area contributed by atoms with Gasteiger partial charge in [0.2, 0.25) is 5.91 Å². The van der Waals surface area contributed by atoms with Crippen molar-refractivity contribution >= 4 is 23.3 Å². The van der Waals surface area contributed by atoms with Crippen molar-refractivity contribution in [3.63, 3.8) is 0 Å². The van der Waals surface area contributed by atoms with Crippen LogP contribution in [0, 0.1) is 0 Å². The van der Waals surface area contributed by atoms with Crippen LogP contribution < -0.4 is 10.1 Å². The molecule has 1 aliphatic heterocycles. The van der Waals surface area contributed by atoms with Crippen molar-refractivity contribution in [2.45, 2.75) is 18.9 Å². The van der Waals surface area contributed by atoms with Crippen LogP contribution in [0.4, 0.5) is 0 Å². The van der Waals surface area contributed by atoms with Gasteiger partial charge in [-0.2, -0.15) is 0 Å². The molecular formula is C18H19NO3S. The number of fused-ring (bicyclic) bond motifs is 1. The van der Waals surface area contributed by atoms with E-state index in [0.29, 0.717) is 0 Å². The second kappa shape index (κ2) is 6.56. The first-order chi connectivity index (χ1) is 11.0. The molecule has 1 amide bonds. The molecule has 0 radical (unpaired) electrons. The van der Waals surface area contributed by atoms with Crippen LogP contribution in [0.3, 0.4) is 0 Å². The van der Waals surface area contributed by atoms with Gasteiger partial charge in [-0.3, -0.25) is 4.79 Å². The van der Waals surface area contributed by atoms with Crippen LogP contribution in [-0.2, 0) is 16.8 Å². The van der Waals surface area contributed by atoms with E-state index < -0.39 is 5.60 Å². The van der Waals surface area contributed by atoms with E-state index >= 15 is 0 Å². The molecule has 1 aromatic carbocycles. The van der Waals surface area contributed by atoms with E-state index in [9.17, 15) is 9.90 Å². The van der Waals surface area contributed by atoms with Crippen LogP contribution >= 0.6 is 11.3 Å². The normalized spacial score (nSPS) is 15.9. The van der Waals surface area contributed by atoms with E-state index in [0.717, 1.165) is 29.2 Å². The van der Waals surface area contributed by atoms with Gasteiger partial charge in [0.25, 0.3) is 0 Å². The lowest BCUT2D eigenvalue weighted by molar-refractivity contribution is -0.117. The topological polar surface area (TPSA) is 58.6 Å². The van der Waals surface area contributed by atoms with Gasteiger partial charge in [0.15, 0.2) is 0 Å². The summed E-state index contributed by atoms with van der Waals surface area (Å²) in [6, 6.07) is 9.64. The van der Waals surface area contributed by atoms with Crippen LogP contribution in [0.25, 0.3) is 6.08 Å². The molecule has 120 valence electrons. The summed E-state index contributed by atoms with van der Waals surface area (Å²) >= 11 is 1.47. The molecule has 0 saturated heterocycles. The summed E-state index contributed by atoms with van der Waals surface area (Å²) in [7, 11) is 0. The number of rotatable bonds is 5. The molecule has 0 bridgehead atoms.